The van der Waals surface area contributed by atoms with Gasteiger partial charge in [0.1, 0.15) is 11.5 Å². The Morgan fingerprint density at radius 3 is 2.33 bits per heavy atom. The molecule has 0 heterocycles. The molecule has 2 rings (SSSR count). The Labute approximate surface area is 147 Å². The van der Waals surface area contributed by atoms with Crippen LogP contribution in [-0.2, 0) is 4.79 Å². The predicted molar refractivity (Wildman–Crippen MR) is 95.7 cm³/mol. The predicted octanol–water partition coefficient (Wildman–Crippen LogP) is 4.39. The first-order chi connectivity index (χ1) is 11.6. The molecule has 1 N–H and O–H groups in total. The molecule has 5 heteroatoms. The van der Waals surface area contributed by atoms with Crippen LogP contribution in [0.3, 0.4) is 0 Å². The van der Waals surface area contributed by atoms with E-state index in [-0.39, 0.29) is 11.9 Å². The molecule has 0 fully saturated rings. The molecule has 0 aliphatic heterocycles. The van der Waals surface area contributed by atoms with Crippen LogP contribution < -0.4 is 14.8 Å². The lowest BCUT2D eigenvalue weighted by atomic mass is 10.1. The van der Waals surface area contributed by atoms with Gasteiger partial charge in [0.05, 0.1) is 19.8 Å². The van der Waals surface area contributed by atoms with Gasteiger partial charge in [0.2, 0.25) is 5.91 Å². The summed E-state index contributed by atoms with van der Waals surface area (Å²) in [6, 6.07) is 14.8. The van der Waals surface area contributed by atoms with Crippen molar-refractivity contribution in [1.29, 1.82) is 0 Å². The number of nitrogens with one attached hydrogen (secondary N) is 1. The summed E-state index contributed by atoms with van der Waals surface area (Å²) in [5, 5.41) is 3.66. The first kappa shape index (κ1) is 18.1. The Bertz CT molecular complexity index is 641. The van der Waals surface area contributed by atoms with Gasteiger partial charge in [0.15, 0.2) is 0 Å². The molecule has 0 spiro atoms. The molecule has 0 aliphatic carbocycles. The fraction of sp³-hybridized carbons (Fsp3) is 0.316. The highest BCUT2D eigenvalue weighted by Gasteiger charge is 2.09. The number of hydrogen-bond donors (Lipinski definition) is 1. The molecule has 0 aliphatic rings. The molecule has 2 aromatic carbocycles. The summed E-state index contributed by atoms with van der Waals surface area (Å²) in [7, 11) is 1.63. The van der Waals surface area contributed by atoms with Gasteiger partial charge in [0, 0.05) is 11.4 Å². The summed E-state index contributed by atoms with van der Waals surface area (Å²) in [4.78, 5) is 12.0. The second-order valence-corrected chi connectivity index (χ2v) is 5.90. The van der Waals surface area contributed by atoms with Crippen LogP contribution in [-0.4, -0.2) is 19.6 Å². The number of amides is 1. The molecule has 0 aromatic heterocycles. The maximum Gasteiger partial charge on any atom is 0.220 e. The number of hydrogen-bond acceptors (Lipinski definition) is 3. The second-order valence-electron chi connectivity index (χ2n) is 5.47. The summed E-state index contributed by atoms with van der Waals surface area (Å²) in [5.41, 5.74) is 1.04. The monoisotopic (exact) mass is 347 g/mol. The highest BCUT2D eigenvalue weighted by molar-refractivity contribution is 6.30. The number of carbonyl (C=O) groups is 1. The second kappa shape index (κ2) is 9.18. The Morgan fingerprint density at radius 1 is 1.08 bits per heavy atom. The summed E-state index contributed by atoms with van der Waals surface area (Å²) in [6.45, 7) is 2.45. The van der Waals surface area contributed by atoms with E-state index >= 15 is 0 Å². The van der Waals surface area contributed by atoms with E-state index < -0.39 is 0 Å². The van der Waals surface area contributed by atoms with Gasteiger partial charge in [0.25, 0.3) is 0 Å². The normalized spacial score (nSPS) is 11.6. The van der Waals surface area contributed by atoms with Crippen LogP contribution in [0.2, 0.25) is 5.02 Å². The molecule has 0 saturated heterocycles. The van der Waals surface area contributed by atoms with Crippen molar-refractivity contribution in [3.8, 4) is 11.5 Å². The topological polar surface area (TPSA) is 47.6 Å². The van der Waals surface area contributed by atoms with E-state index in [2.05, 4.69) is 5.32 Å². The molecule has 1 atom stereocenters. The third-order valence-corrected chi connectivity index (χ3v) is 3.88. The number of benzene rings is 2. The van der Waals surface area contributed by atoms with E-state index in [0.717, 1.165) is 17.1 Å². The lowest BCUT2D eigenvalue weighted by Crippen LogP contribution is -2.26. The minimum absolute atomic E-state index is 0.0121. The van der Waals surface area contributed by atoms with Crippen LogP contribution in [0.15, 0.2) is 48.5 Å². The first-order valence-corrected chi connectivity index (χ1v) is 8.28. The Balaban J connectivity index is 1.69. The molecule has 1 amide bonds. The molecule has 4 nitrogen and oxygen atoms in total. The van der Waals surface area contributed by atoms with E-state index in [9.17, 15) is 4.79 Å². The zero-order valence-electron chi connectivity index (χ0n) is 13.9. The quantitative estimate of drug-likeness (QED) is 0.721. The zero-order chi connectivity index (χ0) is 17.4. The molecule has 0 bridgehead atoms. The average Bonchev–Trinajstić information content (AvgIpc) is 2.60. The third-order valence-electron chi connectivity index (χ3n) is 3.62. The highest BCUT2D eigenvalue weighted by atomic mass is 35.5. The fourth-order valence-corrected chi connectivity index (χ4v) is 2.37. The maximum absolute atomic E-state index is 12.0. The van der Waals surface area contributed by atoms with Gasteiger partial charge >= 0.3 is 0 Å². The SMILES string of the molecule is COc1ccc([C@H](C)NC(=O)CCCOc2ccc(Cl)cc2)cc1. The maximum atomic E-state index is 12.0. The summed E-state index contributed by atoms with van der Waals surface area (Å²) < 4.78 is 10.7. The Kier molecular flexibility index (Phi) is 6.94. The fourth-order valence-electron chi connectivity index (χ4n) is 2.24. The largest absolute Gasteiger partial charge is 0.497 e. The summed E-state index contributed by atoms with van der Waals surface area (Å²) in [5.74, 6) is 1.57. The van der Waals surface area contributed by atoms with E-state index in [1.54, 1.807) is 19.2 Å². The van der Waals surface area contributed by atoms with E-state index in [0.29, 0.717) is 24.5 Å². The lowest BCUT2D eigenvalue weighted by Gasteiger charge is -2.15. The zero-order valence-corrected chi connectivity index (χ0v) is 14.7. The Hall–Kier alpha value is -2.20. The van der Waals surface area contributed by atoms with Crippen LogP contribution in [0.25, 0.3) is 0 Å². The van der Waals surface area contributed by atoms with E-state index in [1.165, 1.54) is 0 Å². The molecular formula is C19H22ClNO3. The van der Waals surface area contributed by atoms with Gasteiger partial charge in [-0.25, -0.2) is 0 Å². The summed E-state index contributed by atoms with van der Waals surface area (Å²) in [6.07, 6.45) is 1.08. The van der Waals surface area contributed by atoms with E-state index in [4.69, 9.17) is 21.1 Å². The molecule has 0 radical (unpaired) electrons. The number of rotatable bonds is 8. The first-order valence-electron chi connectivity index (χ1n) is 7.90. The number of halogens is 1. The highest BCUT2D eigenvalue weighted by Crippen LogP contribution is 2.18. The van der Waals surface area contributed by atoms with Gasteiger partial charge in [-0.15, -0.1) is 0 Å². The van der Waals surface area contributed by atoms with Gasteiger partial charge in [-0.2, -0.15) is 0 Å². The minimum Gasteiger partial charge on any atom is -0.497 e. The smallest absolute Gasteiger partial charge is 0.220 e. The molecule has 2 aromatic rings. The van der Waals surface area contributed by atoms with E-state index in [1.807, 2.05) is 43.3 Å². The number of ether oxygens (including phenoxy) is 2. The minimum atomic E-state index is -0.0411. The summed E-state index contributed by atoms with van der Waals surface area (Å²) >= 11 is 5.81. The number of carbonyl (C=O) groups excluding carboxylic acids is 1. The average molecular weight is 348 g/mol. The van der Waals surface area contributed by atoms with Crippen molar-refractivity contribution >= 4 is 17.5 Å². The number of methoxy groups -OCH3 is 1. The molecule has 128 valence electrons. The van der Waals surface area contributed by atoms with Gasteiger partial charge in [-0.05, 0) is 55.3 Å². The molecule has 0 saturated carbocycles. The lowest BCUT2D eigenvalue weighted by molar-refractivity contribution is -0.121. The van der Waals surface area contributed by atoms with Crippen molar-refractivity contribution in [3.05, 3.63) is 59.1 Å². The van der Waals surface area contributed by atoms with Gasteiger partial charge in [-0.3, -0.25) is 4.79 Å². The Morgan fingerprint density at radius 2 is 1.71 bits per heavy atom. The van der Waals surface area contributed by atoms with Crippen LogP contribution in [0.5, 0.6) is 11.5 Å². The molecule has 24 heavy (non-hydrogen) atoms. The molecular weight excluding hydrogens is 326 g/mol. The van der Waals surface area contributed by atoms with Crippen LogP contribution in [0.4, 0.5) is 0 Å². The van der Waals surface area contributed by atoms with Crippen LogP contribution in [0, 0.1) is 0 Å². The standard InChI is InChI=1S/C19H22ClNO3/c1-14(15-5-9-17(23-2)10-6-15)21-19(22)4-3-13-24-18-11-7-16(20)8-12-18/h5-12,14H,3-4,13H2,1-2H3,(H,21,22)/t14-/m0/s1. The van der Waals surface area contributed by atoms with Crippen molar-refractivity contribution in [2.24, 2.45) is 0 Å². The third kappa shape index (κ3) is 5.78. The van der Waals surface area contributed by atoms with Gasteiger partial charge in [-0.1, -0.05) is 23.7 Å². The van der Waals surface area contributed by atoms with Crippen molar-refractivity contribution in [2.75, 3.05) is 13.7 Å². The van der Waals surface area contributed by atoms with Gasteiger partial charge < -0.3 is 14.8 Å². The van der Waals surface area contributed by atoms with Crippen molar-refractivity contribution in [3.63, 3.8) is 0 Å². The van der Waals surface area contributed by atoms with Crippen molar-refractivity contribution in [2.45, 2.75) is 25.8 Å². The van der Waals surface area contributed by atoms with Crippen LogP contribution in [0.1, 0.15) is 31.4 Å². The molecule has 0 unspecified atom stereocenters. The van der Waals surface area contributed by atoms with Crippen LogP contribution >= 0.6 is 11.6 Å². The van der Waals surface area contributed by atoms with Crippen molar-refractivity contribution < 1.29 is 14.3 Å². The van der Waals surface area contributed by atoms with Crippen molar-refractivity contribution in [1.82, 2.24) is 5.32 Å².